The molecule has 15 nitrogen and oxygen atoms in total. The maximum Gasteiger partial charge on any atom is 0.410 e. The molecule has 318 valence electrons. The number of sulfonamides is 1. The number of benzene rings is 2. The standard InChI is InChI=1S/C42H53FN6O9S/c1-2-29-23-42(29)40(53)47-59(55,56)36-15-8-7-13-33(36)44-18-9-5-3-4-6-14-34(45-37(50)21-27-16-19-57-20-17-27)39(52)49-25-30(22-35(49)38(51)46-42)58-41(54)48-24-28-11-10-12-32(43)31(28)26-48/h2,7-8,10-13,15,27,29-30,34-35,44H,1,3-6,9,14,16-26H2,(H,45,50)(H,46,51)(H,47,53)/t29-,30-,34+,35+,42-/m1/s1. The molecule has 17 heteroatoms. The number of nitrogens with one attached hydrogen (secondary N) is 4. The fourth-order valence-corrected chi connectivity index (χ4v) is 9.93. The number of fused-ring (bicyclic) bond motifs is 3. The van der Waals surface area contributed by atoms with Crippen molar-refractivity contribution in [2.75, 3.05) is 31.6 Å². The van der Waals surface area contributed by atoms with E-state index in [0.717, 1.165) is 38.5 Å². The largest absolute Gasteiger partial charge is 0.444 e. The summed E-state index contributed by atoms with van der Waals surface area (Å²) in [5.74, 6) is -3.49. The van der Waals surface area contributed by atoms with Gasteiger partial charge < -0.3 is 30.3 Å². The van der Waals surface area contributed by atoms with Crippen LogP contribution in [0.25, 0.3) is 0 Å². The predicted octanol–water partition coefficient (Wildman–Crippen LogP) is 3.88. The van der Waals surface area contributed by atoms with Crippen LogP contribution in [-0.4, -0.2) is 98.0 Å². The molecule has 0 unspecified atom stereocenters. The molecular formula is C42H53FN6O9S. The first-order valence-electron chi connectivity index (χ1n) is 20.6. The highest BCUT2D eigenvalue weighted by Crippen LogP contribution is 2.45. The Balaban J connectivity index is 1.15. The van der Waals surface area contributed by atoms with E-state index in [2.05, 4.69) is 27.3 Å². The Bertz CT molecular complexity index is 2060. The lowest BCUT2D eigenvalue weighted by Crippen LogP contribution is -2.58. The molecule has 5 atom stereocenters. The van der Waals surface area contributed by atoms with Gasteiger partial charge in [-0.25, -0.2) is 22.3 Å². The van der Waals surface area contributed by atoms with E-state index in [0.29, 0.717) is 49.4 Å². The van der Waals surface area contributed by atoms with Crippen molar-refractivity contribution in [2.45, 2.75) is 112 Å². The van der Waals surface area contributed by atoms with Gasteiger partial charge in [-0.2, -0.15) is 0 Å². The van der Waals surface area contributed by atoms with E-state index >= 15 is 0 Å². The van der Waals surface area contributed by atoms with E-state index in [1.807, 2.05) is 0 Å². The number of para-hydroxylation sites is 1. The van der Waals surface area contributed by atoms with Gasteiger partial charge in [-0.1, -0.05) is 56.0 Å². The molecule has 1 spiro atoms. The zero-order valence-corrected chi connectivity index (χ0v) is 33.9. The van der Waals surface area contributed by atoms with E-state index in [4.69, 9.17) is 9.47 Å². The van der Waals surface area contributed by atoms with Crippen LogP contribution in [0, 0.1) is 17.7 Å². The lowest BCUT2D eigenvalue weighted by molar-refractivity contribution is -0.142. The van der Waals surface area contributed by atoms with Gasteiger partial charge in [0, 0.05) is 50.6 Å². The normalized spacial score (nSPS) is 27.9. The molecule has 7 rings (SSSR count). The van der Waals surface area contributed by atoms with Crippen LogP contribution in [0.4, 0.5) is 14.9 Å². The Morgan fingerprint density at radius 3 is 2.53 bits per heavy atom. The van der Waals surface area contributed by atoms with E-state index in [9.17, 15) is 36.8 Å². The maximum atomic E-state index is 14.7. The first-order valence-corrected chi connectivity index (χ1v) is 22.1. The van der Waals surface area contributed by atoms with Crippen molar-refractivity contribution < 1.29 is 46.3 Å². The van der Waals surface area contributed by atoms with Crippen molar-refractivity contribution in [3.8, 4) is 0 Å². The van der Waals surface area contributed by atoms with E-state index in [1.165, 1.54) is 28.0 Å². The number of hydrogen-bond acceptors (Lipinski definition) is 10. The number of carbonyl (C=O) groups excluding carboxylic acids is 5. The third kappa shape index (κ3) is 9.56. The quantitative estimate of drug-likeness (QED) is 0.322. The van der Waals surface area contributed by atoms with Gasteiger partial charge >= 0.3 is 6.09 Å². The molecule has 0 aromatic heterocycles. The third-order valence-corrected chi connectivity index (χ3v) is 13.6. The number of anilines is 1. The van der Waals surface area contributed by atoms with Crippen LogP contribution in [0.2, 0.25) is 0 Å². The van der Waals surface area contributed by atoms with Crippen molar-refractivity contribution in [3.05, 3.63) is 72.1 Å². The van der Waals surface area contributed by atoms with E-state index in [-0.39, 0.29) is 55.6 Å². The van der Waals surface area contributed by atoms with E-state index < -0.39 is 69.3 Å². The van der Waals surface area contributed by atoms with Gasteiger partial charge in [0.2, 0.25) is 17.7 Å². The molecule has 0 bridgehead atoms. The molecule has 3 fully saturated rings. The molecule has 4 aliphatic heterocycles. The van der Waals surface area contributed by atoms with Gasteiger partial charge in [0.15, 0.2) is 0 Å². The number of ether oxygens (including phenoxy) is 2. The minimum Gasteiger partial charge on any atom is -0.444 e. The van der Waals surface area contributed by atoms with Gasteiger partial charge in [-0.15, -0.1) is 6.58 Å². The number of hydrogen-bond donors (Lipinski definition) is 4. The summed E-state index contributed by atoms with van der Waals surface area (Å²) < 4.78 is 55.5. The Hall–Kier alpha value is -5.03. The molecule has 1 aliphatic carbocycles. The number of carbonyl (C=O) groups is 5. The topological polar surface area (TPSA) is 193 Å². The van der Waals surface area contributed by atoms with Gasteiger partial charge in [0.05, 0.1) is 18.8 Å². The molecular weight excluding hydrogens is 784 g/mol. The monoisotopic (exact) mass is 836 g/mol. The molecule has 2 aromatic rings. The number of rotatable bonds is 5. The zero-order valence-electron chi connectivity index (χ0n) is 33.1. The van der Waals surface area contributed by atoms with E-state index in [1.54, 1.807) is 30.3 Å². The van der Waals surface area contributed by atoms with Crippen LogP contribution in [0.3, 0.4) is 0 Å². The first kappa shape index (κ1) is 42.1. The van der Waals surface area contributed by atoms with Crippen molar-refractivity contribution in [3.63, 3.8) is 0 Å². The summed E-state index contributed by atoms with van der Waals surface area (Å²) in [6.45, 7) is 5.31. The summed E-state index contributed by atoms with van der Waals surface area (Å²) in [4.78, 5) is 72.5. The SMILES string of the molecule is C=C[C@@H]1C[C@@]12NC(=O)[C@@H]1C[C@@H](OC(=O)N3Cc4cccc(F)c4C3)CN1C(=O)[C@@H](NC(=O)CC1CCOCC1)CCCCCCCNc1ccccc1S(=O)(=O)NC2=O. The van der Waals surface area contributed by atoms with Gasteiger partial charge in [-0.3, -0.25) is 24.1 Å². The summed E-state index contributed by atoms with van der Waals surface area (Å²) in [5.41, 5.74) is -0.326. The highest BCUT2D eigenvalue weighted by Gasteiger charge is 2.61. The lowest BCUT2D eigenvalue weighted by Gasteiger charge is -2.30. The molecule has 2 saturated heterocycles. The van der Waals surface area contributed by atoms with Crippen LogP contribution >= 0.6 is 0 Å². The Kier molecular flexibility index (Phi) is 12.9. The Morgan fingerprint density at radius 1 is 1.00 bits per heavy atom. The summed E-state index contributed by atoms with van der Waals surface area (Å²) in [6.07, 6.45) is 5.35. The highest BCUT2D eigenvalue weighted by molar-refractivity contribution is 7.90. The summed E-state index contributed by atoms with van der Waals surface area (Å²) in [5, 5.41) is 8.90. The van der Waals surface area contributed by atoms with Gasteiger partial charge in [0.1, 0.15) is 34.4 Å². The number of nitrogens with zero attached hydrogens (tertiary/aromatic N) is 2. The maximum absolute atomic E-state index is 14.7. The molecule has 5 aliphatic rings. The minimum absolute atomic E-state index is 0.00857. The van der Waals surface area contributed by atoms with Crippen LogP contribution in [-0.2, 0) is 51.8 Å². The van der Waals surface area contributed by atoms with Crippen LogP contribution in [0.1, 0.15) is 81.8 Å². The van der Waals surface area contributed by atoms with Crippen molar-refractivity contribution in [1.82, 2.24) is 25.2 Å². The second kappa shape index (κ2) is 18.1. The molecule has 0 radical (unpaired) electrons. The van der Waals surface area contributed by atoms with Crippen LogP contribution in [0.5, 0.6) is 0 Å². The molecule has 4 N–H and O–H groups in total. The molecule has 5 amide bonds. The summed E-state index contributed by atoms with van der Waals surface area (Å²) in [7, 11) is -4.41. The van der Waals surface area contributed by atoms with Gasteiger partial charge in [0.25, 0.3) is 15.9 Å². The lowest BCUT2D eigenvalue weighted by atomic mass is 9.96. The van der Waals surface area contributed by atoms with Crippen molar-refractivity contribution in [1.29, 1.82) is 0 Å². The van der Waals surface area contributed by atoms with Gasteiger partial charge in [-0.05, 0) is 61.8 Å². The minimum atomic E-state index is -4.41. The average Bonchev–Trinajstić information content (AvgIpc) is 3.50. The van der Waals surface area contributed by atoms with Crippen LogP contribution in [0.15, 0.2) is 60.0 Å². The Labute approximate surface area is 343 Å². The van der Waals surface area contributed by atoms with Crippen molar-refractivity contribution >= 4 is 45.4 Å². The summed E-state index contributed by atoms with van der Waals surface area (Å²) in [6, 6.07) is 8.64. The third-order valence-electron chi connectivity index (χ3n) is 12.2. The first-order chi connectivity index (χ1) is 28.4. The molecule has 2 aromatic carbocycles. The van der Waals surface area contributed by atoms with Crippen molar-refractivity contribution in [2.24, 2.45) is 11.8 Å². The fourth-order valence-electron chi connectivity index (χ4n) is 8.70. The second-order valence-electron chi connectivity index (χ2n) is 16.3. The fraction of sp³-hybridized carbons (Fsp3) is 0.548. The Morgan fingerprint density at radius 2 is 1.76 bits per heavy atom. The molecule has 1 saturated carbocycles. The smallest absolute Gasteiger partial charge is 0.410 e. The number of amides is 5. The molecule has 59 heavy (non-hydrogen) atoms. The summed E-state index contributed by atoms with van der Waals surface area (Å²) >= 11 is 0. The highest BCUT2D eigenvalue weighted by atomic mass is 32.2. The predicted molar refractivity (Wildman–Crippen MR) is 213 cm³/mol. The zero-order chi connectivity index (χ0) is 41.7. The molecule has 4 heterocycles. The van der Waals surface area contributed by atoms with Crippen LogP contribution < -0.4 is 20.7 Å². The second-order valence-corrected chi connectivity index (χ2v) is 17.9. The average molecular weight is 837 g/mol. The number of halogens is 1.